The quantitative estimate of drug-likeness (QED) is 0.706. The number of nitrogen functional groups attached to an aromatic ring is 1. The highest BCUT2D eigenvalue weighted by atomic mass is 16.1. The van der Waals surface area contributed by atoms with E-state index in [0.29, 0.717) is 28.1 Å². The molecule has 0 aliphatic heterocycles. The number of amides is 1. The first-order chi connectivity index (χ1) is 12.5. The molecule has 0 saturated heterocycles. The van der Waals surface area contributed by atoms with Crippen LogP contribution >= 0.6 is 0 Å². The van der Waals surface area contributed by atoms with E-state index in [4.69, 9.17) is 11.0 Å². The molecule has 3 aromatic rings. The van der Waals surface area contributed by atoms with Crippen LogP contribution in [0.1, 0.15) is 33.2 Å². The van der Waals surface area contributed by atoms with Gasteiger partial charge >= 0.3 is 0 Å². The molecule has 0 bridgehead atoms. The van der Waals surface area contributed by atoms with Gasteiger partial charge in [-0.25, -0.2) is 4.68 Å². The molecule has 0 aliphatic rings. The minimum absolute atomic E-state index is 0.0497. The number of aromatic nitrogens is 2. The Morgan fingerprint density at radius 1 is 1.08 bits per heavy atom. The number of benzene rings is 2. The van der Waals surface area contributed by atoms with Gasteiger partial charge in [0.1, 0.15) is 11.6 Å². The molecule has 3 N–H and O–H groups in total. The monoisotopic (exact) mass is 345 g/mol. The van der Waals surface area contributed by atoms with Crippen molar-refractivity contribution in [2.45, 2.75) is 6.92 Å². The van der Waals surface area contributed by atoms with Crippen LogP contribution in [-0.4, -0.2) is 21.5 Å². The second-order valence-electron chi connectivity index (χ2n) is 5.62. The second-order valence-corrected chi connectivity index (χ2v) is 5.62. The number of hydrogen-bond acceptors (Lipinski definition) is 5. The molecule has 0 spiro atoms. The number of nitrogens with zero attached hydrogens (tertiary/aromatic N) is 3. The molecule has 26 heavy (non-hydrogen) atoms. The third-order valence-corrected chi connectivity index (χ3v) is 3.81. The lowest BCUT2D eigenvalue weighted by molar-refractivity contribution is 0.101. The van der Waals surface area contributed by atoms with Crippen molar-refractivity contribution in [3.8, 4) is 11.8 Å². The fourth-order valence-electron chi connectivity index (χ4n) is 2.36. The minimum atomic E-state index is -0.275. The van der Waals surface area contributed by atoms with Gasteiger partial charge in [0.05, 0.1) is 11.9 Å². The third kappa shape index (κ3) is 3.44. The fourth-order valence-corrected chi connectivity index (χ4v) is 2.36. The van der Waals surface area contributed by atoms with Gasteiger partial charge < -0.3 is 11.1 Å². The van der Waals surface area contributed by atoms with Gasteiger partial charge in [-0.3, -0.25) is 9.59 Å². The lowest BCUT2D eigenvalue weighted by Gasteiger charge is -2.07. The van der Waals surface area contributed by atoms with Gasteiger partial charge in [-0.15, -0.1) is 5.10 Å². The van der Waals surface area contributed by atoms with Crippen LogP contribution in [0.3, 0.4) is 0 Å². The number of carbonyl (C=O) groups is 2. The lowest BCUT2D eigenvalue weighted by Crippen LogP contribution is -2.12. The molecule has 2 aromatic carbocycles. The zero-order valence-electron chi connectivity index (χ0n) is 13.9. The number of hydrogen-bond donors (Lipinski definition) is 2. The zero-order chi connectivity index (χ0) is 18.7. The number of Topliss-reactive ketones (excluding diaryl/α,β-unsaturated/α-hetero) is 1. The summed E-state index contributed by atoms with van der Waals surface area (Å²) < 4.78 is 1.50. The third-order valence-electron chi connectivity index (χ3n) is 3.81. The van der Waals surface area contributed by atoms with Gasteiger partial charge in [0.25, 0.3) is 5.91 Å². The molecule has 0 fully saturated rings. The maximum absolute atomic E-state index is 12.3. The Morgan fingerprint density at radius 2 is 1.69 bits per heavy atom. The average Bonchev–Trinajstić information content (AvgIpc) is 3.03. The summed E-state index contributed by atoms with van der Waals surface area (Å²) in [5.41, 5.74) is 8.28. The van der Waals surface area contributed by atoms with E-state index in [9.17, 15) is 9.59 Å². The van der Waals surface area contributed by atoms with Crippen molar-refractivity contribution < 1.29 is 9.59 Å². The van der Waals surface area contributed by atoms with E-state index in [1.807, 2.05) is 6.07 Å². The summed E-state index contributed by atoms with van der Waals surface area (Å²) >= 11 is 0. The summed E-state index contributed by atoms with van der Waals surface area (Å²) in [6.45, 7) is 1.48. The minimum Gasteiger partial charge on any atom is -0.381 e. The predicted molar refractivity (Wildman–Crippen MR) is 97.1 cm³/mol. The Hall–Kier alpha value is -3.92. The van der Waals surface area contributed by atoms with Crippen molar-refractivity contribution in [3.63, 3.8) is 0 Å². The first-order valence-corrected chi connectivity index (χ1v) is 7.76. The first-order valence-electron chi connectivity index (χ1n) is 7.76. The molecular formula is C19H15N5O2. The Morgan fingerprint density at radius 3 is 2.23 bits per heavy atom. The molecule has 7 heteroatoms. The molecule has 128 valence electrons. The summed E-state index contributed by atoms with van der Waals surface area (Å²) in [7, 11) is 0. The van der Waals surface area contributed by atoms with E-state index in [1.54, 1.807) is 54.7 Å². The molecule has 0 atom stereocenters. The van der Waals surface area contributed by atoms with Gasteiger partial charge in [0.2, 0.25) is 0 Å². The predicted octanol–water partition coefficient (Wildman–Crippen LogP) is 2.78. The molecule has 0 radical (unpaired) electrons. The molecular weight excluding hydrogens is 330 g/mol. The first kappa shape index (κ1) is 16.9. The molecule has 0 unspecified atom stereocenters. The molecule has 1 amide bonds. The molecule has 0 aliphatic carbocycles. The van der Waals surface area contributed by atoms with E-state index in [0.717, 1.165) is 0 Å². The van der Waals surface area contributed by atoms with E-state index < -0.39 is 0 Å². The maximum Gasteiger partial charge on any atom is 0.255 e. The number of anilines is 2. The highest BCUT2D eigenvalue weighted by molar-refractivity contribution is 6.05. The normalized spacial score (nSPS) is 10.2. The van der Waals surface area contributed by atoms with Crippen molar-refractivity contribution in [1.82, 2.24) is 9.78 Å². The molecule has 1 aromatic heterocycles. The largest absolute Gasteiger partial charge is 0.381 e. The topological polar surface area (TPSA) is 114 Å². The van der Waals surface area contributed by atoms with Crippen LogP contribution in [0.15, 0.2) is 54.7 Å². The van der Waals surface area contributed by atoms with Crippen molar-refractivity contribution in [2.75, 3.05) is 11.1 Å². The Kier molecular flexibility index (Phi) is 4.50. The van der Waals surface area contributed by atoms with Crippen LogP contribution in [0.25, 0.3) is 5.69 Å². The van der Waals surface area contributed by atoms with E-state index in [1.165, 1.54) is 11.6 Å². The lowest BCUT2D eigenvalue weighted by atomic mass is 10.1. The van der Waals surface area contributed by atoms with E-state index in [2.05, 4.69) is 10.4 Å². The average molecular weight is 345 g/mol. The van der Waals surface area contributed by atoms with Crippen LogP contribution < -0.4 is 11.1 Å². The van der Waals surface area contributed by atoms with Crippen LogP contribution in [-0.2, 0) is 0 Å². The van der Waals surface area contributed by atoms with Gasteiger partial charge in [-0.2, -0.15) is 5.26 Å². The van der Waals surface area contributed by atoms with Crippen LogP contribution in [0, 0.1) is 11.3 Å². The molecule has 3 rings (SSSR count). The van der Waals surface area contributed by atoms with Gasteiger partial charge in [0.15, 0.2) is 11.6 Å². The van der Waals surface area contributed by atoms with Gasteiger partial charge in [-0.05, 0) is 43.3 Å². The van der Waals surface area contributed by atoms with Crippen LogP contribution in [0.2, 0.25) is 0 Å². The zero-order valence-corrected chi connectivity index (χ0v) is 13.9. The summed E-state index contributed by atoms with van der Waals surface area (Å²) in [6.07, 6.45) is 1.54. The highest BCUT2D eigenvalue weighted by Crippen LogP contribution is 2.17. The SMILES string of the molecule is CC(=O)c1ccc(C(=O)Nc2ccc(-n3cc(C#N)c(N)n3)cc2)cc1. The molecule has 0 saturated carbocycles. The summed E-state index contributed by atoms with van der Waals surface area (Å²) in [4.78, 5) is 23.5. The van der Waals surface area contributed by atoms with Crippen molar-refractivity contribution in [3.05, 3.63) is 71.4 Å². The second kappa shape index (κ2) is 6.91. The van der Waals surface area contributed by atoms with Crippen molar-refractivity contribution >= 4 is 23.2 Å². The Labute approximate surface area is 149 Å². The number of ketones is 1. The summed E-state index contributed by atoms with van der Waals surface area (Å²) in [5, 5.41) is 15.8. The maximum atomic E-state index is 12.3. The molecule has 7 nitrogen and oxygen atoms in total. The Balaban J connectivity index is 1.73. The smallest absolute Gasteiger partial charge is 0.255 e. The van der Waals surface area contributed by atoms with Crippen molar-refractivity contribution in [2.24, 2.45) is 0 Å². The van der Waals surface area contributed by atoms with Gasteiger partial charge in [-0.1, -0.05) is 12.1 Å². The summed E-state index contributed by atoms with van der Waals surface area (Å²) in [6, 6.07) is 15.4. The van der Waals surface area contributed by atoms with Crippen molar-refractivity contribution in [1.29, 1.82) is 5.26 Å². The number of carbonyl (C=O) groups excluding carboxylic acids is 2. The summed E-state index contributed by atoms with van der Waals surface area (Å²) in [5.74, 6) is -0.159. The van der Waals surface area contributed by atoms with E-state index in [-0.39, 0.29) is 17.5 Å². The standard InChI is InChI=1S/C19H15N5O2/c1-12(25)13-2-4-14(5-3-13)19(26)22-16-6-8-17(9-7-16)24-11-15(10-20)18(21)23-24/h2-9,11H,1H3,(H2,21,23)(H,22,26). The van der Waals surface area contributed by atoms with Crippen LogP contribution in [0.5, 0.6) is 0 Å². The fraction of sp³-hybridized carbons (Fsp3) is 0.0526. The number of rotatable bonds is 4. The van der Waals surface area contributed by atoms with E-state index >= 15 is 0 Å². The highest BCUT2D eigenvalue weighted by Gasteiger charge is 2.09. The van der Waals surface area contributed by atoms with Gasteiger partial charge in [0, 0.05) is 16.8 Å². The number of nitrogens with two attached hydrogens (primary N) is 1. The number of nitrogens with one attached hydrogen (secondary N) is 1. The number of nitriles is 1. The Bertz CT molecular complexity index is 1010. The molecule has 1 heterocycles. The van der Waals surface area contributed by atoms with Crippen LogP contribution in [0.4, 0.5) is 11.5 Å².